The van der Waals surface area contributed by atoms with Crippen LogP contribution < -0.4 is 24.5 Å². The van der Waals surface area contributed by atoms with E-state index in [1.165, 1.54) is 33.5 Å². The summed E-state index contributed by atoms with van der Waals surface area (Å²) in [6, 6.07) is 29.6. The minimum Gasteiger partial charge on any atom is -0.507 e. The zero-order chi connectivity index (χ0) is 43.6. The van der Waals surface area contributed by atoms with Crippen molar-refractivity contribution < 1.29 is 43.3 Å². The fourth-order valence-corrected chi connectivity index (χ4v) is 10.5. The summed E-state index contributed by atoms with van der Waals surface area (Å²) in [5.74, 6) is -6.42. The summed E-state index contributed by atoms with van der Waals surface area (Å²) in [5, 5.41) is 13.5. The van der Waals surface area contributed by atoms with Crippen LogP contribution in [0.4, 0.5) is 11.4 Å². The summed E-state index contributed by atoms with van der Waals surface area (Å²) in [6.45, 7) is 0. The number of aromatic hydroxyl groups is 1. The first-order chi connectivity index (χ1) is 29.9. The van der Waals surface area contributed by atoms with Crippen LogP contribution in [0.1, 0.15) is 45.8 Å². The van der Waals surface area contributed by atoms with Gasteiger partial charge in [-0.25, -0.2) is 0 Å². The van der Waals surface area contributed by atoms with E-state index in [-0.39, 0.29) is 52.1 Å². The molecule has 12 nitrogen and oxygen atoms in total. The number of methoxy groups -OCH3 is 3. The van der Waals surface area contributed by atoms with E-state index in [9.17, 15) is 19.5 Å². The Morgan fingerprint density at radius 3 is 2.11 bits per heavy atom. The number of benzene rings is 5. The van der Waals surface area contributed by atoms with Gasteiger partial charge in [0, 0.05) is 39.8 Å². The molecule has 314 valence electrons. The number of imide groups is 2. The third-order valence-corrected chi connectivity index (χ3v) is 13.4. The maximum Gasteiger partial charge on any atom is 0.260 e. The number of nitrogens with zero attached hydrogens (tertiary/aromatic N) is 2. The number of ether oxygens (including phenoxy) is 3. The predicted octanol–water partition coefficient (Wildman–Crippen LogP) is 8.15. The van der Waals surface area contributed by atoms with E-state index in [1.807, 2.05) is 12.1 Å². The van der Waals surface area contributed by atoms with Gasteiger partial charge in [0.05, 0.1) is 60.9 Å². The van der Waals surface area contributed by atoms with Crippen LogP contribution in [0.25, 0.3) is 0 Å². The number of carbonyl (C=O) groups excluding carboxylic acids is 5. The van der Waals surface area contributed by atoms with Crippen LogP contribution in [0.3, 0.4) is 0 Å². The summed E-state index contributed by atoms with van der Waals surface area (Å²) in [6.07, 6.45) is 2.00. The molecule has 1 saturated carbocycles. The van der Waals surface area contributed by atoms with Crippen LogP contribution in [0.15, 0.2) is 121 Å². The number of amides is 4. The Labute approximate surface area is 366 Å². The number of halogens is 2. The summed E-state index contributed by atoms with van der Waals surface area (Å²) >= 11 is 12.8. The lowest BCUT2D eigenvalue weighted by Gasteiger charge is -2.50. The van der Waals surface area contributed by atoms with Crippen molar-refractivity contribution in [2.24, 2.45) is 23.7 Å². The molecule has 5 aromatic carbocycles. The third-order valence-electron chi connectivity index (χ3n) is 12.8. The molecule has 3 fully saturated rings. The average Bonchev–Trinajstić information content (AvgIpc) is 3.67. The van der Waals surface area contributed by atoms with Gasteiger partial charge in [0.2, 0.25) is 11.8 Å². The number of fused-ring (bicyclic) bond motifs is 4. The molecule has 14 heteroatoms. The van der Waals surface area contributed by atoms with Gasteiger partial charge in [-0.05, 0) is 78.9 Å². The molecule has 0 radical (unpaired) electrons. The number of carbonyl (C=O) groups is 5. The van der Waals surface area contributed by atoms with Crippen molar-refractivity contribution in [2.45, 2.75) is 24.2 Å². The summed E-state index contributed by atoms with van der Waals surface area (Å²) in [4.78, 5) is 74.5. The fraction of sp³-hybridized carbons (Fsp3) is 0.229. The summed E-state index contributed by atoms with van der Waals surface area (Å²) < 4.78 is 16.9. The van der Waals surface area contributed by atoms with Crippen LogP contribution in [-0.4, -0.2) is 60.9 Å². The van der Waals surface area contributed by atoms with Crippen LogP contribution in [0.2, 0.25) is 10.0 Å². The van der Waals surface area contributed by atoms with E-state index in [4.69, 9.17) is 37.4 Å². The van der Waals surface area contributed by atoms with Crippen molar-refractivity contribution in [2.75, 3.05) is 31.7 Å². The molecular formula is C48H39Cl2N3O9. The molecule has 4 aliphatic rings. The highest BCUT2D eigenvalue weighted by Gasteiger charge is 2.71. The van der Waals surface area contributed by atoms with Crippen molar-refractivity contribution in [3.8, 4) is 23.0 Å². The largest absolute Gasteiger partial charge is 0.507 e. The van der Waals surface area contributed by atoms with Crippen LogP contribution in [0.5, 0.6) is 23.0 Å². The molecule has 62 heavy (non-hydrogen) atoms. The Kier molecular flexibility index (Phi) is 10.3. The summed E-state index contributed by atoms with van der Waals surface area (Å²) in [7, 11) is 4.38. The Bertz CT molecular complexity index is 2710. The maximum atomic E-state index is 15.7. The van der Waals surface area contributed by atoms with E-state index < -0.39 is 58.6 Å². The quantitative estimate of drug-likeness (QED) is 0.0800. The number of hydrogen-bond acceptors (Lipinski definition) is 10. The molecule has 0 unspecified atom stereocenters. The van der Waals surface area contributed by atoms with E-state index in [0.29, 0.717) is 38.7 Å². The normalized spacial score (nSPS) is 24.0. The molecule has 2 saturated heterocycles. The monoisotopic (exact) mass is 871 g/mol. The van der Waals surface area contributed by atoms with Crippen molar-refractivity contribution in [1.82, 2.24) is 5.01 Å². The van der Waals surface area contributed by atoms with Crippen molar-refractivity contribution in [3.05, 3.63) is 153 Å². The average molecular weight is 873 g/mol. The van der Waals surface area contributed by atoms with Crippen molar-refractivity contribution in [3.63, 3.8) is 0 Å². The lowest BCUT2D eigenvalue weighted by atomic mass is 9.49. The number of phenols is 1. The number of rotatable bonds is 10. The predicted molar refractivity (Wildman–Crippen MR) is 231 cm³/mol. The van der Waals surface area contributed by atoms with E-state index >= 15 is 9.59 Å². The third kappa shape index (κ3) is 6.22. The minimum absolute atomic E-state index is 0.0107. The lowest BCUT2D eigenvalue weighted by molar-refractivity contribution is -0.138. The van der Waals surface area contributed by atoms with E-state index in [0.717, 1.165) is 9.91 Å². The zero-order valence-electron chi connectivity index (χ0n) is 33.6. The lowest BCUT2D eigenvalue weighted by Crippen LogP contribution is -2.53. The Morgan fingerprint density at radius 1 is 0.758 bits per heavy atom. The van der Waals surface area contributed by atoms with Gasteiger partial charge in [-0.1, -0.05) is 77.3 Å². The number of allylic oxidation sites excluding steroid dienone is 2. The zero-order valence-corrected chi connectivity index (χ0v) is 35.1. The standard InChI is InChI=1S/C48H39Cl2N3O9/c1-60-30-16-11-27(12-17-30)48-35(45(57)53(47(48)59)51-37-20-13-28(49)21-36(37)50)24-34-32(42(48)41-38(54)22-31(61-2)23-39(41)62-3)18-19-33-40(34)46(58)52(44(33)56)29-14-9-26(10-15-29)43(55)25-7-5-4-6-8-25/h4-18,20-23,33-35,40,42,51,54H,19,24H2,1-3H3/t33-,34+,35-,40-,42+,48+/m0/s1. The molecule has 2 aliphatic carbocycles. The van der Waals surface area contributed by atoms with Gasteiger partial charge in [-0.2, -0.15) is 5.01 Å². The molecule has 2 N–H and O–H groups in total. The van der Waals surface area contributed by atoms with Crippen LogP contribution in [0, 0.1) is 23.7 Å². The molecule has 5 aromatic rings. The van der Waals surface area contributed by atoms with Crippen molar-refractivity contribution >= 4 is 64.0 Å². The van der Waals surface area contributed by atoms with E-state index in [2.05, 4.69) is 5.43 Å². The van der Waals surface area contributed by atoms with Crippen LogP contribution in [-0.2, 0) is 24.6 Å². The van der Waals surface area contributed by atoms with Gasteiger partial charge in [0.1, 0.15) is 23.0 Å². The second-order valence-electron chi connectivity index (χ2n) is 15.7. The number of hydrogen-bond donors (Lipinski definition) is 2. The Hall–Kier alpha value is -6.63. The molecule has 2 heterocycles. The second kappa shape index (κ2) is 15.7. The Morgan fingerprint density at radius 2 is 1.45 bits per heavy atom. The summed E-state index contributed by atoms with van der Waals surface area (Å²) in [5.41, 5.74) is 3.88. The van der Waals surface area contributed by atoms with Gasteiger partial charge >= 0.3 is 0 Å². The first-order valence-electron chi connectivity index (χ1n) is 19.9. The fourth-order valence-electron chi connectivity index (χ4n) is 10.1. The van der Waals surface area contributed by atoms with Gasteiger partial charge in [-0.15, -0.1) is 0 Å². The Balaban J connectivity index is 1.20. The van der Waals surface area contributed by atoms with E-state index in [1.54, 1.807) is 91.0 Å². The minimum atomic E-state index is -1.75. The highest BCUT2D eigenvalue weighted by Crippen LogP contribution is 2.66. The molecule has 2 aliphatic heterocycles. The molecule has 9 rings (SSSR count). The molecule has 0 bridgehead atoms. The number of phenolic OH excluding ortho intramolecular Hbond substituents is 1. The first-order valence-corrected chi connectivity index (χ1v) is 20.7. The SMILES string of the molecule is COc1ccc([C@@]23C(=O)N(Nc4ccc(Cl)cc4Cl)C(=O)[C@@H]2C[C@@H]2C(=CC[C@@H]4C(=O)N(c5ccc(C(=O)c6ccccc6)cc5)C(=O)[C@@H]42)[C@@H]3c2c(O)cc(OC)cc2OC)cc1. The number of anilines is 2. The highest BCUT2D eigenvalue weighted by molar-refractivity contribution is 6.36. The molecular weight excluding hydrogens is 833 g/mol. The number of nitrogens with one attached hydrogen (secondary N) is 1. The van der Waals surface area contributed by atoms with Gasteiger partial charge in [-0.3, -0.25) is 34.3 Å². The molecule has 4 amide bonds. The van der Waals surface area contributed by atoms with Gasteiger partial charge in [0.25, 0.3) is 11.8 Å². The van der Waals surface area contributed by atoms with Gasteiger partial charge in [0.15, 0.2) is 5.78 Å². The first kappa shape index (κ1) is 40.8. The molecule has 6 atom stereocenters. The molecule has 0 aromatic heterocycles. The topological polar surface area (TPSA) is 152 Å². The maximum absolute atomic E-state index is 15.7. The number of hydrazine groups is 1. The number of ketones is 1. The van der Waals surface area contributed by atoms with Gasteiger partial charge < -0.3 is 19.3 Å². The van der Waals surface area contributed by atoms with Crippen molar-refractivity contribution in [1.29, 1.82) is 0 Å². The second-order valence-corrected chi connectivity index (χ2v) is 16.6. The smallest absolute Gasteiger partial charge is 0.260 e. The highest BCUT2D eigenvalue weighted by atomic mass is 35.5. The van der Waals surface area contributed by atoms with Crippen LogP contribution >= 0.6 is 23.2 Å². The molecule has 0 spiro atoms.